The number of aryl methyl sites for hydroxylation is 1. The van der Waals surface area contributed by atoms with Crippen molar-refractivity contribution >= 4 is 5.65 Å². The van der Waals surface area contributed by atoms with Crippen molar-refractivity contribution in [1.82, 2.24) is 14.4 Å². The van der Waals surface area contributed by atoms with Crippen molar-refractivity contribution in [2.75, 3.05) is 0 Å². The normalized spacial score (nSPS) is 11.0. The van der Waals surface area contributed by atoms with Crippen molar-refractivity contribution in [3.05, 3.63) is 78.5 Å². The van der Waals surface area contributed by atoms with Gasteiger partial charge in [-0.15, -0.1) is 0 Å². The van der Waals surface area contributed by atoms with E-state index in [1.165, 1.54) is 12.1 Å². The summed E-state index contributed by atoms with van der Waals surface area (Å²) in [7, 11) is 0. The lowest BCUT2D eigenvalue weighted by molar-refractivity contribution is 0.628. The van der Waals surface area contributed by atoms with E-state index in [1.807, 2.05) is 37.4 Å². The van der Waals surface area contributed by atoms with Crippen LogP contribution in [0.5, 0.6) is 0 Å². The van der Waals surface area contributed by atoms with Gasteiger partial charge in [-0.3, -0.25) is 9.38 Å². The zero-order valence-corrected chi connectivity index (χ0v) is 12.6. The van der Waals surface area contributed by atoms with Gasteiger partial charge in [-0.05, 0) is 61.0 Å². The Morgan fingerprint density at radius 2 is 1.65 bits per heavy atom. The molecule has 0 radical (unpaired) electrons. The zero-order chi connectivity index (χ0) is 15.8. The topological polar surface area (TPSA) is 30.2 Å². The van der Waals surface area contributed by atoms with Crippen LogP contribution < -0.4 is 0 Å². The number of rotatable bonds is 2. The molecule has 0 unspecified atom stereocenters. The lowest BCUT2D eigenvalue weighted by Crippen LogP contribution is -1.90. The Labute approximate surface area is 133 Å². The third-order valence-corrected chi connectivity index (χ3v) is 3.85. The molecule has 0 saturated heterocycles. The number of pyridine rings is 2. The van der Waals surface area contributed by atoms with Crippen molar-refractivity contribution in [2.45, 2.75) is 6.92 Å². The van der Waals surface area contributed by atoms with E-state index >= 15 is 0 Å². The quantitative estimate of drug-likeness (QED) is 0.545. The molecule has 0 aliphatic carbocycles. The number of halogens is 1. The maximum Gasteiger partial charge on any atom is 0.138 e. The Morgan fingerprint density at radius 3 is 2.39 bits per heavy atom. The lowest BCUT2D eigenvalue weighted by atomic mass is 10.1. The molecule has 23 heavy (non-hydrogen) atoms. The molecule has 0 fully saturated rings. The SMILES string of the molecule is Cc1ccn2c(-c3ccncc3)c(-c3ccc(F)cc3)nc2c1. The molecule has 0 saturated carbocycles. The first-order chi connectivity index (χ1) is 11.2. The molecule has 4 aromatic rings. The Balaban J connectivity index is 2.04. The second kappa shape index (κ2) is 5.32. The molecule has 0 amide bonds. The smallest absolute Gasteiger partial charge is 0.138 e. The molecule has 0 aliphatic heterocycles. The average Bonchev–Trinajstić information content (AvgIpc) is 2.94. The van der Waals surface area contributed by atoms with E-state index < -0.39 is 0 Å². The molecule has 1 aromatic carbocycles. The monoisotopic (exact) mass is 303 g/mol. The van der Waals surface area contributed by atoms with Gasteiger partial charge in [0.05, 0.1) is 11.4 Å². The fraction of sp³-hybridized carbons (Fsp3) is 0.0526. The van der Waals surface area contributed by atoms with Crippen LogP contribution in [0, 0.1) is 12.7 Å². The highest BCUT2D eigenvalue weighted by Crippen LogP contribution is 2.32. The number of benzene rings is 1. The number of nitrogens with zero attached hydrogens (tertiary/aromatic N) is 3. The van der Waals surface area contributed by atoms with Gasteiger partial charge in [-0.25, -0.2) is 9.37 Å². The predicted molar refractivity (Wildman–Crippen MR) is 88.6 cm³/mol. The van der Waals surface area contributed by atoms with Gasteiger partial charge in [-0.1, -0.05) is 0 Å². The van der Waals surface area contributed by atoms with Gasteiger partial charge in [0.15, 0.2) is 0 Å². The molecule has 3 aromatic heterocycles. The number of aromatic nitrogens is 3. The van der Waals surface area contributed by atoms with Gasteiger partial charge in [-0.2, -0.15) is 0 Å². The molecular weight excluding hydrogens is 289 g/mol. The van der Waals surface area contributed by atoms with E-state index in [1.54, 1.807) is 24.5 Å². The summed E-state index contributed by atoms with van der Waals surface area (Å²) in [6, 6.07) is 14.4. The van der Waals surface area contributed by atoms with E-state index in [2.05, 4.69) is 9.38 Å². The fourth-order valence-corrected chi connectivity index (χ4v) is 2.74. The summed E-state index contributed by atoms with van der Waals surface area (Å²) in [4.78, 5) is 8.85. The summed E-state index contributed by atoms with van der Waals surface area (Å²) in [5, 5.41) is 0. The van der Waals surface area contributed by atoms with Gasteiger partial charge in [0.2, 0.25) is 0 Å². The van der Waals surface area contributed by atoms with Gasteiger partial charge < -0.3 is 0 Å². The molecule has 3 heterocycles. The predicted octanol–water partition coefficient (Wildman–Crippen LogP) is 4.51. The first kappa shape index (κ1) is 13.6. The minimum Gasteiger partial charge on any atom is -0.299 e. The maximum atomic E-state index is 13.2. The number of fused-ring (bicyclic) bond motifs is 1. The van der Waals surface area contributed by atoms with E-state index in [0.29, 0.717) is 0 Å². The van der Waals surface area contributed by atoms with Crippen LogP contribution in [0.25, 0.3) is 28.2 Å². The highest BCUT2D eigenvalue weighted by molar-refractivity contribution is 5.81. The first-order valence-corrected chi connectivity index (χ1v) is 7.37. The largest absolute Gasteiger partial charge is 0.299 e. The average molecular weight is 303 g/mol. The van der Waals surface area contributed by atoms with Crippen molar-refractivity contribution in [3.63, 3.8) is 0 Å². The minimum atomic E-state index is -0.251. The van der Waals surface area contributed by atoms with Crippen LogP contribution in [0.15, 0.2) is 67.1 Å². The second-order valence-corrected chi connectivity index (χ2v) is 5.48. The molecule has 3 nitrogen and oxygen atoms in total. The Bertz CT molecular complexity index is 973. The number of hydrogen-bond acceptors (Lipinski definition) is 2. The molecule has 112 valence electrons. The third kappa shape index (κ3) is 2.38. The maximum absolute atomic E-state index is 13.2. The zero-order valence-electron chi connectivity index (χ0n) is 12.6. The Morgan fingerprint density at radius 1 is 0.913 bits per heavy atom. The van der Waals surface area contributed by atoms with Crippen molar-refractivity contribution in [1.29, 1.82) is 0 Å². The summed E-state index contributed by atoms with van der Waals surface area (Å²) in [6.45, 7) is 2.04. The summed E-state index contributed by atoms with van der Waals surface area (Å²) in [6.07, 6.45) is 5.54. The summed E-state index contributed by atoms with van der Waals surface area (Å²) in [5.41, 5.74) is 5.75. The standard InChI is InChI=1S/C19H14FN3/c1-13-8-11-23-17(12-13)22-18(14-2-4-16(20)5-3-14)19(23)15-6-9-21-10-7-15/h2-12H,1H3. The van der Waals surface area contributed by atoms with Crippen LogP contribution >= 0.6 is 0 Å². The van der Waals surface area contributed by atoms with Crippen LogP contribution in [0.2, 0.25) is 0 Å². The van der Waals surface area contributed by atoms with Gasteiger partial charge in [0.1, 0.15) is 11.5 Å². The highest BCUT2D eigenvalue weighted by Gasteiger charge is 2.15. The van der Waals surface area contributed by atoms with Crippen molar-refractivity contribution in [2.24, 2.45) is 0 Å². The van der Waals surface area contributed by atoms with Crippen LogP contribution in [-0.4, -0.2) is 14.4 Å². The van der Waals surface area contributed by atoms with Crippen LogP contribution in [-0.2, 0) is 0 Å². The molecule has 0 spiro atoms. The third-order valence-electron chi connectivity index (χ3n) is 3.85. The van der Waals surface area contributed by atoms with Crippen molar-refractivity contribution < 1.29 is 4.39 Å². The molecule has 4 rings (SSSR count). The minimum absolute atomic E-state index is 0.251. The molecule has 0 N–H and O–H groups in total. The van der Waals surface area contributed by atoms with Crippen molar-refractivity contribution in [3.8, 4) is 22.5 Å². The lowest BCUT2D eigenvalue weighted by Gasteiger charge is -2.05. The Hall–Kier alpha value is -3.01. The number of hydrogen-bond donors (Lipinski definition) is 0. The van der Waals surface area contributed by atoms with E-state index in [-0.39, 0.29) is 5.82 Å². The molecular formula is C19H14FN3. The van der Waals surface area contributed by atoms with Crippen LogP contribution in [0.1, 0.15) is 5.56 Å². The fourth-order valence-electron chi connectivity index (χ4n) is 2.74. The summed E-state index contributed by atoms with van der Waals surface area (Å²) < 4.78 is 15.3. The molecule has 0 aliphatic rings. The molecule has 4 heteroatoms. The molecule has 0 bridgehead atoms. The van der Waals surface area contributed by atoms with E-state index in [4.69, 9.17) is 4.98 Å². The summed E-state index contributed by atoms with van der Waals surface area (Å²) >= 11 is 0. The van der Waals surface area contributed by atoms with Crippen LogP contribution in [0.3, 0.4) is 0 Å². The highest BCUT2D eigenvalue weighted by atomic mass is 19.1. The second-order valence-electron chi connectivity index (χ2n) is 5.48. The van der Waals surface area contributed by atoms with Crippen LogP contribution in [0.4, 0.5) is 4.39 Å². The Kier molecular flexibility index (Phi) is 3.15. The summed E-state index contributed by atoms with van der Waals surface area (Å²) in [5.74, 6) is -0.251. The molecule has 0 atom stereocenters. The van der Waals surface area contributed by atoms with E-state index in [9.17, 15) is 4.39 Å². The number of imidazole rings is 1. The van der Waals surface area contributed by atoms with Gasteiger partial charge in [0.25, 0.3) is 0 Å². The van der Waals surface area contributed by atoms with Gasteiger partial charge in [0, 0.05) is 29.7 Å². The van der Waals surface area contributed by atoms with Gasteiger partial charge >= 0.3 is 0 Å². The first-order valence-electron chi connectivity index (χ1n) is 7.37. The van der Waals surface area contributed by atoms with E-state index in [0.717, 1.165) is 33.7 Å².